The van der Waals surface area contributed by atoms with Gasteiger partial charge in [-0.1, -0.05) is 35.4 Å². The van der Waals surface area contributed by atoms with Crippen LogP contribution >= 0.6 is 11.6 Å². The zero-order valence-electron chi connectivity index (χ0n) is 25.5. The molecule has 0 radical (unpaired) electrons. The van der Waals surface area contributed by atoms with E-state index < -0.39 is 69.4 Å². The third kappa shape index (κ3) is 4.65. The lowest BCUT2D eigenvalue weighted by Crippen LogP contribution is -2.48. The number of non-ortho nitro benzene ring substituents is 1. The highest BCUT2D eigenvalue weighted by Crippen LogP contribution is 2.63. The Morgan fingerprint density at radius 2 is 1.65 bits per heavy atom. The number of nitro benzene ring substituents is 1. The largest absolute Gasteiger partial charge is 0.491 e. The number of nitro groups is 1. The summed E-state index contributed by atoms with van der Waals surface area (Å²) >= 11 is 6.06. The van der Waals surface area contributed by atoms with E-state index in [0.717, 1.165) is 21.4 Å². The second-order valence-electron chi connectivity index (χ2n) is 12.7. The van der Waals surface area contributed by atoms with Crippen molar-refractivity contribution in [3.05, 3.63) is 105 Å². The molecule has 2 heterocycles. The molecule has 2 aliphatic heterocycles. The van der Waals surface area contributed by atoms with Gasteiger partial charge in [-0.3, -0.25) is 34.2 Å². The number of nitrogens with zero attached hydrogens (tertiary/aromatic N) is 3. The van der Waals surface area contributed by atoms with Crippen molar-refractivity contribution < 1.29 is 38.3 Å². The van der Waals surface area contributed by atoms with Crippen LogP contribution in [0.15, 0.2) is 78.4 Å². The first kappa shape index (κ1) is 31.6. The van der Waals surface area contributed by atoms with Gasteiger partial charge in [0.1, 0.15) is 18.2 Å². The molecule has 4 amide bonds. The Labute approximate surface area is 278 Å². The van der Waals surface area contributed by atoms with Crippen LogP contribution in [0.2, 0.25) is 5.02 Å². The summed E-state index contributed by atoms with van der Waals surface area (Å²) in [6.45, 7) is 1.64. The summed E-state index contributed by atoms with van der Waals surface area (Å²) in [6, 6.07) is 15.8. The molecule has 7 rings (SSSR count). The normalized spacial score (nSPS) is 27.8. The minimum absolute atomic E-state index is 0.0858. The molecular formula is C35H29ClFN3O8. The lowest BCUT2D eigenvalue weighted by atomic mass is 9.51. The number of aliphatic hydroxyl groups excluding tert-OH is 1. The number of benzene rings is 3. The predicted octanol–water partition coefficient (Wildman–Crippen LogP) is 5.19. The van der Waals surface area contributed by atoms with E-state index >= 15 is 0 Å². The van der Waals surface area contributed by atoms with Gasteiger partial charge in [0, 0.05) is 18.1 Å². The molecule has 48 heavy (non-hydrogen) atoms. The van der Waals surface area contributed by atoms with Crippen molar-refractivity contribution in [1.29, 1.82) is 0 Å². The smallest absolute Gasteiger partial charge is 0.269 e. The zero-order chi connectivity index (χ0) is 34.1. The number of halogens is 2. The number of ether oxygens (including phenoxy) is 1. The van der Waals surface area contributed by atoms with E-state index in [1.54, 1.807) is 31.2 Å². The fourth-order valence-corrected chi connectivity index (χ4v) is 8.34. The Morgan fingerprint density at radius 3 is 2.29 bits per heavy atom. The second kappa shape index (κ2) is 11.6. The van der Waals surface area contributed by atoms with Crippen molar-refractivity contribution in [3.8, 4) is 5.75 Å². The Morgan fingerprint density at radius 1 is 0.958 bits per heavy atom. The van der Waals surface area contributed by atoms with E-state index in [4.69, 9.17) is 16.3 Å². The molecule has 2 aliphatic carbocycles. The molecule has 3 aromatic rings. The van der Waals surface area contributed by atoms with Crippen LogP contribution in [0.4, 0.5) is 21.5 Å². The van der Waals surface area contributed by atoms with Gasteiger partial charge >= 0.3 is 0 Å². The van der Waals surface area contributed by atoms with Crippen molar-refractivity contribution in [1.82, 2.24) is 0 Å². The number of imide groups is 2. The lowest BCUT2D eigenvalue weighted by Gasteiger charge is -2.49. The number of amides is 4. The molecule has 13 heteroatoms. The quantitative estimate of drug-likeness (QED) is 0.156. The molecule has 3 fully saturated rings. The number of carbonyl (C=O) groups is 4. The summed E-state index contributed by atoms with van der Waals surface area (Å²) in [5, 5.41) is 20.1. The molecule has 0 spiro atoms. The predicted molar refractivity (Wildman–Crippen MR) is 171 cm³/mol. The summed E-state index contributed by atoms with van der Waals surface area (Å²) in [7, 11) is 0. The van der Waals surface area contributed by atoms with Crippen LogP contribution < -0.4 is 14.5 Å². The van der Waals surface area contributed by atoms with Crippen LogP contribution in [0.1, 0.15) is 31.2 Å². The van der Waals surface area contributed by atoms with E-state index in [1.807, 2.05) is 6.08 Å². The molecule has 0 bridgehead atoms. The molecule has 11 nitrogen and oxygen atoms in total. The highest BCUT2D eigenvalue weighted by Gasteiger charge is 2.67. The summed E-state index contributed by atoms with van der Waals surface area (Å²) in [6.07, 6.45) is 2.24. The Hall–Kier alpha value is -4.94. The maximum absolute atomic E-state index is 14.5. The average molecular weight is 674 g/mol. The van der Waals surface area contributed by atoms with Crippen molar-refractivity contribution in [2.24, 2.45) is 29.1 Å². The first-order valence-electron chi connectivity index (χ1n) is 15.5. The van der Waals surface area contributed by atoms with E-state index in [0.29, 0.717) is 11.3 Å². The molecule has 3 aromatic carbocycles. The van der Waals surface area contributed by atoms with E-state index in [2.05, 4.69) is 0 Å². The fraction of sp³-hybridized carbons (Fsp3) is 0.314. The van der Waals surface area contributed by atoms with Gasteiger partial charge in [-0.15, -0.1) is 0 Å². The summed E-state index contributed by atoms with van der Waals surface area (Å²) in [5.41, 5.74) is 0.309. The van der Waals surface area contributed by atoms with Crippen LogP contribution in [-0.4, -0.2) is 46.9 Å². The topological polar surface area (TPSA) is 147 Å². The van der Waals surface area contributed by atoms with Crippen LogP contribution in [0.25, 0.3) is 0 Å². The zero-order valence-corrected chi connectivity index (χ0v) is 26.3. The van der Waals surface area contributed by atoms with Crippen LogP contribution in [0.3, 0.4) is 0 Å². The molecule has 4 aliphatic rings. The van der Waals surface area contributed by atoms with E-state index in [-0.39, 0.29) is 48.1 Å². The minimum atomic E-state index is -1.32. The summed E-state index contributed by atoms with van der Waals surface area (Å²) in [4.78, 5) is 69.5. The van der Waals surface area contributed by atoms with Gasteiger partial charge in [-0.2, -0.15) is 0 Å². The molecule has 1 N–H and O–H groups in total. The second-order valence-corrected chi connectivity index (χ2v) is 13.1. The average Bonchev–Trinajstić information content (AvgIpc) is 3.44. The molecule has 246 valence electrons. The van der Waals surface area contributed by atoms with Crippen LogP contribution in [0.5, 0.6) is 5.75 Å². The van der Waals surface area contributed by atoms with Crippen molar-refractivity contribution in [3.63, 3.8) is 0 Å². The highest BCUT2D eigenvalue weighted by molar-refractivity contribution is 6.32. The van der Waals surface area contributed by atoms with Gasteiger partial charge in [0.25, 0.3) is 5.69 Å². The van der Waals surface area contributed by atoms with Gasteiger partial charge in [-0.25, -0.2) is 9.29 Å². The lowest BCUT2D eigenvalue weighted by molar-refractivity contribution is -0.384. The van der Waals surface area contributed by atoms with Crippen molar-refractivity contribution in [2.45, 2.75) is 25.7 Å². The van der Waals surface area contributed by atoms with Gasteiger partial charge in [0.2, 0.25) is 23.6 Å². The SMILES string of the molecule is CC12C(=O)N(c3ccc(F)c(Cl)c3)C(=O)C1CC1C(=CCC3C(=O)N(c4ccc([N+](=O)[O-])cc4)C(=O)C31)C2c1ccc(OCCO)cc1. The third-order valence-corrected chi connectivity index (χ3v) is 10.6. The number of carbonyl (C=O) groups excluding carboxylic acids is 4. The van der Waals surface area contributed by atoms with Gasteiger partial charge in [-0.05, 0) is 73.7 Å². The number of rotatable bonds is 7. The molecule has 0 aromatic heterocycles. The summed E-state index contributed by atoms with van der Waals surface area (Å²) < 4.78 is 19.6. The number of fused-ring (bicyclic) bond motifs is 4. The summed E-state index contributed by atoms with van der Waals surface area (Å²) in [5.74, 6) is -5.82. The molecule has 1 saturated carbocycles. The van der Waals surface area contributed by atoms with Gasteiger partial charge in [0.05, 0.1) is 51.1 Å². The Kier molecular flexibility index (Phi) is 7.67. The van der Waals surface area contributed by atoms with E-state index in [1.165, 1.54) is 36.4 Å². The maximum atomic E-state index is 14.5. The standard InChI is InChI=1S/C35H29ClFN3O8/c1-35-26(32(43)39(34(35)45)21-8-13-28(37)27(36)16-21)17-25-23(30(35)18-2-9-22(10-3-18)48-15-14-41)11-12-24-29(25)33(44)38(31(24)42)19-4-6-20(7-5-19)40(46)47/h2-11,13,16,24-26,29-30,41H,12,14-15,17H2,1H3. The van der Waals surface area contributed by atoms with Crippen LogP contribution in [0, 0.1) is 45.0 Å². The molecular weight excluding hydrogens is 645 g/mol. The fourth-order valence-electron chi connectivity index (χ4n) is 8.16. The first-order valence-corrected chi connectivity index (χ1v) is 15.8. The molecule has 6 atom stereocenters. The number of anilines is 2. The van der Waals surface area contributed by atoms with Gasteiger partial charge in [0.15, 0.2) is 0 Å². The number of allylic oxidation sites excluding steroid dienone is 2. The van der Waals surface area contributed by atoms with Crippen molar-refractivity contribution in [2.75, 3.05) is 23.0 Å². The Bertz CT molecular complexity index is 1920. The molecule has 2 saturated heterocycles. The number of aliphatic hydroxyl groups is 1. The maximum Gasteiger partial charge on any atom is 0.269 e. The first-order chi connectivity index (χ1) is 23.0. The highest BCUT2D eigenvalue weighted by atomic mass is 35.5. The van der Waals surface area contributed by atoms with Crippen LogP contribution in [-0.2, 0) is 19.2 Å². The van der Waals surface area contributed by atoms with Gasteiger partial charge < -0.3 is 9.84 Å². The number of hydrogen-bond donors (Lipinski definition) is 1. The molecule has 6 unspecified atom stereocenters. The minimum Gasteiger partial charge on any atom is -0.491 e. The number of hydrogen-bond acceptors (Lipinski definition) is 8. The van der Waals surface area contributed by atoms with Crippen molar-refractivity contribution >= 4 is 52.3 Å². The third-order valence-electron chi connectivity index (χ3n) is 10.3. The van der Waals surface area contributed by atoms with E-state index in [9.17, 15) is 38.8 Å². The monoisotopic (exact) mass is 673 g/mol. The Balaban J connectivity index is 1.32.